The van der Waals surface area contributed by atoms with E-state index in [4.69, 9.17) is 5.41 Å². The largest absolute Gasteiger partial charge is 0.510 e. The highest BCUT2D eigenvalue weighted by Gasteiger charge is 2.37. The lowest BCUT2D eigenvalue weighted by molar-refractivity contribution is -0.117. The SMILES string of the molecule is CC1(C)CC(=N)/C(=C(/O)C(c2ccccc2)c2ccccc2)C(=O)C1. The van der Waals surface area contributed by atoms with E-state index in [1.54, 1.807) is 0 Å². The van der Waals surface area contributed by atoms with Gasteiger partial charge in [-0.15, -0.1) is 0 Å². The van der Waals surface area contributed by atoms with Crippen molar-refractivity contribution in [3.05, 3.63) is 83.1 Å². The van der Waals surface area contributed by atoms with Gasteiger partial charge < -0.3 is 10.5 Å². The Balaban J connectivity index is 2.13. The lowest BCUT2D eigenvalue weighted by Crippen LogP contribution is -2.32. The normalized spacial score (nSPS) is 19.2. The molecule has 25 heavy (non-hydrogen) atoms. The summed E-state index contributed by atoms with van der Waals surface area (Å²) in [6.07, 6.45) is 0.847. The molecule has 0 radical (unpaired) electrons. The van der Waals surface area contributed by atoms with E-state index < -0.39 is 5.92 Å². The van der Waals surface area contributed by atoms with Gasteiger partial charge in [-0.25, -0.2) is 0 Å². The Kier molecular flexibility index (Phi) is 4.58. The second kappa shape index (κ2) is 6.67. The zero-order valence-corrected chi connectivity index (χ0v) is 14.6. The van der Waals surface area contributed by atoms with E-state index in [0.29, 0.717) is 12.8 Å². The topological polar surface area (TPSA) is 61.1 Å². The summed E-state index contributed by atoms with van der Waals surface area (Å²) in [5, 5.41) is 19.4. The lowest BCUT2D eigenvalue weighted by Gasteiger charge is -2.31. The average Bonchev–Trinajstić information content (AvgIpc) is 2.55. The van der Waals surface area contributed by atoms with Crippen LogP contribution < -0.4 is 0 Å². The van der Waals surface area contributed by atoms with Crippen LogP contribution in [0.5, 0.6) is 0 Å². The molecule has 1 saturated carbocycles. The van der Waals surface area contributed by atoms with Gasteiger partial charge in [-0.1, -0.05) is 74.5 Å². The maximum atomic E-state index is 12.7. The molecule has 0 saturated heterocycles. The number of aliphatic hydroxyl groups is 1. The molecule has 1 aliphatic carbocycles. The van der Waals surface area contributed by atoms with Crippen molar-refractivity contribution in [2.24, 2.45) is 5.41 Å². The van der Waals surface area contributed by atoms with Gasteiger partial charge >= 0.3 is 0 Å². The van der Waals surface area contributed by atoms with Crippen LogP contribution in [0.25, 0.3) is 0 Å². The summed E-state index contributed by atoms with van der Waals surface area (Å²) in [7, 11) is 0. The summed E-state index contributed by atoms with van der Waals surface area (Å²) < 4.78 is 0. The van der Waals surface area contributed by atoms with Crippen molar-refractivity contribution in [1.29, 1.82) is 5.41 Å². The molecule has 2 aromatic carbocycles. The maximum absolute atomic E-state index is 12.7. The van der Waals surface area contributed by atoms with Gasteiger partial charge in [0.25, 0.3) is 0 Å². The molecule has 3 nitrogen and oxygen atoms in total. The lowest BCUT2D eigenvalue weighted by atomic mass is 9.72. The van der Waals surface area contributed by atoms with Crippen LogP contribution >= 0.6 is 0 Å². The molecule has 128 valence electrons. The zero-order chi connectivity index (χ0) is 18.0. The van der Waals surface area contributed by atoms with E-state index in [0.717, 1.165) is 11.1 Å². The minimum atomic E-state index is -0.442. The number of ketones is 1. The first kappa shape index (κ1) is 17.2. The van der Waals surface area contributed by atoms with Crippen LogP contribution in [0, 0.1) is 10.8 Å². The molecule has 1 aliphatic rings. The average molecular weight is 333 g/mol. The summed E-state index contributed by atoms with van der Waals surface area (Å²) in [6, 6.07) is 19.3. The predicted molar refractivity (Wildman–Crippen MR) is 100 cm³/mol. The van der Waals surface area contributed by atoms with E-state index in [9.17, 15) is 9.90 Å². The number of aliphatic hydroxyl groups excluding tert-OH is 1. The van der Waals surface area contributed by atoms with Crippen LogP contribution in [0.4, 0.5) is 0 Å². The fraction of sp³-hybridized carbons (Fsp3) is 0.273. The predicted octanol–water partition coefficient (Wildman–Crippen LogP) is 5.04. The summed E-state index contributed by atoms with van der Waals surface area (Å²) in [4.78, 5) is 12.7. The van der Waals surface area contributed by atoms with Crippen LogP contribution in [0.15, 0.2) is 72.0 Å². The highest BCUT2D eigenvalue weighted by Crippen LogP contribution is 2.39. The summed E-state index contributed by atoms with van der Waals surface area (Å²) in [5.74, 6) is -0.596. The van der Waals surface area contributed by atoms with Crippen molar-refractivity contribution in [3.8, 4) is 0 Å². The number of Topliss-reactive ketones (excluding diaryl/α,β-unsaturated/α-hetero) is 1. The summed E-state index contributed by atoms with van der Waals surface area (Å²) >= 11 is 0. The third-order valence-corrected chi connectivity index (χ3v) is 4.67. The van der Waals surface area contributed by atoms with Crippen molar-refractivity contribution in [2.45, 2.75) is 32.6 Å². The standard InChI is InChI=1S/C22H23NO2/c1-22(2)13-17(23)20(18(24)14-22)21(25)19(15-9-5-3-6-10-15)16-11-7-4-8-12-16/h3-12,19,23,25H,13-14H2,1-2H3/b21-20-,23-17?. The first-order valence-corrected chi connectivity index (χ1v) is 8.53. The Hall–Kier alpha value is -2.68. The van der Waals surface area contributed by atoms with Crippen LogP contribution in [0.1, 0.15) is 43.7 Å². The second-order valence-corrected chi connectivity index (χ2v) is 7.43. The van der Waals surface area contributed by atoms with Crippen molar-refractivity contribution in [3.63, 3.8) is 0 Å². The Morgan fingerprint density at radius 2 is 1.44 bits per heavy atom. The molecule has 2 aromatic rings. The molecular weight excluding hydrogens is 310 g/mol. The Morgan fingerprint density at radius 1 is 0.960 bits per heavy atom. The maximum Gasteiger partial charge on any atom is 0.168 e. The van der Waals surface area contributed by atoms with E-state index in [-0.39, 0.29) is 28.2 Å². The molecule has 2 N–H and O–H groups in total. The van der Waals surface area contributed by atoms with Crippen LogP contribution in [-0.4, -0.2) is 16.6 Å². The van der Waals surface area contributed by atoms with E-state index in [2.05, 4.69) is 0 Å². The van der Waals surface area contributed by atoms with Crippen molar-refractivity contribution >= 4 is 11.5 Å². The van der Waals surface area contributed by atoms with Gasteiger partial charge in [0.15, 0.2) is 5.78 Å². The van der Waals surface area contributed by atoms with E-state index in [1.165, 1.54) is 0 Å². The van der Waals surface area contributed by atoms with E-state index >= 15 is 0 Å². The number of carbonyl (C=O) groups is 1. The summed E-state index contributed by atoms with van der Waals surface area (Å²) in [6.45, 7) is 3.97. The number of hydrogen-bond acceptors (Lipinski definition) is 3. The third-order valence-electron chi connectivity index (χ3n) is 4.67. The second-order valence-electron chi connectivity index (χ2n) is 7.43. The number of hydrogen-bond donors (Lipinski definition) is 2. The fourth-order valence-corrected chi connectivity index (χ4v) is 3.56. The number of benzene rings is 2. The van der Waals surface area contributed by atoms with Crippen molar-refractivity contribution in [2.75, 3.05) is 0 Å². The monoisotopic (exact) mass is 333 g/mol. The minimum absolute atomic E-state index is 0.0112. The number of rotatable bonds is 3. The first-order chi connectivity index (χ1) is 11.9. The fourth-order valence-electron chi connectivity index (χ4n) is 3.56. The first-order valence-electron chi connectivity index (χ1n) is 8.53. The molecule has 0 aliphatic heterocycles. The summed E-state index contributed by atoms with van der Waals surface area (Å²) in [5.41, 5.74) is 2.01. The van der Waals surface area contributed by atoms with Gasteiger partial charge in [0, 0.05) is 12.1 Å². The van der Waals surface area contributed by atoms with Crippen LogP contribution in [-0.2, 0) is 4.79 Å². The molecule has 0 aromatic heterocycles. The molecule has 0 unspecified atom stereocenters. The highest BCUT2D eigenvalue weighted by molar-refractivity contribution is 6.23. The molecular formula is C22H23NO2. The molecule has 3 rings (SSSR count). The van der Waals surface area contributed by atoms with Gasteiger partial charge in [-0.05, 0) is 23.0 Å². The highest BCUT2D eigenvalue weighted by atomic mass is 16.3. The van der Waals surface area contributed by atoms with Gasteiger partial charge in [0.1, 0.15) is 5.76 Å². The molecule has 0 bridgehead atoms. The molecule has 0 heterocycles. The third kappa shape index (κ3) is 3.55. The molecule has 0 spiro atoms. The van der Waals surface area contributed by atoms with Crippen LogP contribution in [0.3, 0.4) is 0 Å². The Labute approximate surface area is 148 Å². The number of carbonyl (C=O) groups excluding carboxylic acids is 1. The Morgan fingerprint density at radius 3 is 1.88 bits per heavy atom. The molecule has 3 heteroatoms. The minimum Gasteiger partial charge on any atom is -0.510 e. The van der Waals surface area contributed by atoms with Gasteiger partial charge in [0.2, 0.25) is 0 Å². The molecule has 0 atom stereocenters. The number of nitrogens with one attached hydrogen (secondary N) is 1. The quantitative estimate of drug-likeness (QED) is 0.610. The van der Waals surface area contributed by atoms with Gasteiger partial charge in [-0.2, -0.15) is 0 Å². The Bertz CT molecular complexity index is 758. The van der Waals surface area contributed by atoms with E-state index in [1.807, 2.05) is 74.5 Å². The molecule has 1 fully saturated rings. The molecule has 0 amide bonds. The zero-order valence-electron chi connectivity index (χ0n) is 14.6. The van der Waals surface area contributed by atoms with Gasteiger partial charge in [0.05, 0.1) is 11.5 Å². The van der Waals surface area contributed by atoms with Crippen LogP contribution in [0.2, 0.25) is 0 Å². The van der Waals surface area contributed by atoms with Crippen molar-refractivity contribution < 1.29 is 9.90 Å². The smallest absolute Gasteiger partial charge is 0.168 e. The number of allylic oxidation sites excluding steroid dienone is 2. The van der Waals surface area contributed by atoms with Crippen molar-refractivity contribution in [1.82, 2.24) is 0 Å². The van der Waals surface area contributed by atoms with Gasteiger partial charge in [-0.3, -0.25) is 4.79 Å².